The Morgan fingerprint density at radius 1 is 1.44 bits per heavy atom. The van der Waals surface area contributed by atoms with Gasteiger partial charge < -0.3 is 10.8 Å². The van der Waals surface area contributed by atoms with Gasteiger partial charge >= 0.3 is 0 Å². The molecule has 0 atom stereocenters. The van der Waals surface area contributed by atoms with Crippen LogP contribution >= 0.6 is 0 Å². The molecule has 0 aromatic carbocycles. The van der Waals surface area contributed by atoms with Crippen LogP contribution in [0.1, 0.15) is 12.8 Å². The molecule has 0 saturated carbocycles. The molecule has 6 nitrogen and oxygen atoms in total. The average molecular weight is 267 g/mol. The lowest BCUT2D eigenvalue weighted by molar-refractivity contribution is 0.113. The van der Waals surface area contributed by atoms with Gasteiger partial charge in [-0.05, 0) is 18.9 Å². The van der Waals surface area contributed by atoms with Crippen LogP contribution < -0.4 is 11.2 Å². The Labute approximate surface area is 107 Å². The summed E-state index contributed by atoms with van der Waals surface area (Å²) in [5, 5.41) is 9.38. The third-order valence-electron chi connectivity index (χ3n) is 2.94. The summed E-state index contributed by atoms with van der Waals surface area (Å²) < 4.78 is 26.0. The molecule has 18 heavy (non-hydrogen) atoms. The summed E-state index contributed by atoms with van der Waals surface area (Å²) in [4.78, 5) is 3.68. The molecule has 0 aliphatic carbocycles. The van der Waals surface area contributed by atoms with Crippen molar-refractivity contribution in [1.29, 1.82) is 0 Å². The highest BCUT2D eigenvalue weighted by Gasteiger charge is 2.30. The Morgan fingerprint density at radius 2 is 2.06 bits per heavy atom. The van der Waals surface area contributed by atoms with E-state index in [1.165, 1.54) is 16.6 Å². The zero-order chi connectivity index (χ0) is 13.3. The van der Waals surface area contributed by atoms with Crippen molar-refractivity contribution in [2.45, 2.75) is 23.8 Å². The maximum absolute atomic E-state index is 12.3. The van der Waals surface area contributed by atoms with Crippen LogP contribution in [0.15, 0.2) is 17.2 Å². The summed E-state index contributed by atoms with van der Waals surface area (Å²) in [6.07, 6.45) is 1.73. The number of hydrogen-bond acceptors (Lipinski definition) is 5. The van der Waals surface area contributed by atoms with Crippen molar-refractivity contribution in [3.8, 4) is 0 Å². The second kappa shape index (κ2) is 4.87. The minimum atomic E-state index is -3.68. The fraction of sp³-hybridized carbons (Fsp3) is 0.500. The van der Waals surface area contributed by atoms with Crippen molar-refractivity contribution in [3.63, 3.8) is 0 Å². The molecule has 8 heteroatoms. The highest BCUT2D eigenvalue weighted by molar-refractivity contribution is 7.89. The van der Waals surface area contributed by atoms with E-state index < -0.39 is 16.1 Å². The van der Waals surface area contributed by atoms with Crippen LogP contribution in [0, 0.1) is 0 Å². The summed E-state index contributed by atoms with van der Waals surface area (Å²) in [5.41, 5.74) is 5.84. The second-order valence-electron chi connectivity index (χ2n) is 4.29. The Balaban J connectivity index is 2.33. The Kier molecular flexibility index (Phi) is 3.60. The van der Waals surface area contributed by atoms with Crippen LogP contribution in [0.3, 0.4) is 0 Å². The van der Waals surface area contributed by atoms with Gasteiger partial charge in [0.15, 0.2) is 0 Å². The molecule has 2 radical (unpaired) electrons. The van der Waals surface area contributed by atoms with Crippen LogP contribution in [-0.2, 0) is 10.0 Å². The van der Waals surface area contributed by atoms with E-state index in [0.29, 0.717) is 12.8 Å². The number of aliphatic hydroxyl groups excluding tert-OH is 1. The fourth-order valence-electron chi connectivity index (χ4n) is 1.90. The molecule has 1 fully saturated rings. The Hall–Kier alpha value is -1.12. The number of hydrogen-bond donors (Lipinski definition) is 2. The van der Waals surface area contributed by atoms with E-state index in [-0.39, 0.29) is 29.3 Å². The minimum Gasteiger partial charge on any atom is -0.393 e. The molecule has 1 aromatic rings. The summed E-state index contributed by atoms with van der Waals surface area (Å²) in [6.45, 7) is 0.551. The molecule has 1 aliphatic rings. The highest BCUT2D eigenvalue weighted by Crippen LogP contribution is 2.22. The number of sulfonamides is 1. The zero-order valence-electron chi connectivity index (χ0n) is 9.78. The van der Waals surface area contributed by atoms with Crippen molar-refractivity contribution in [2.24, 2.45) is 0 Å². The monoisotopic (exact) mass is 267 g/mol. The maximum Gasteiger partial charge on any atom is 0.246 e. The van der Waals surface area contributed by atoms with Crippen molar-refractivity contribution in [1.82, 2.24) is 9.29 Å². The van der Waals surface area contributed by atoms with Crippen LogP contribution in [0.25, 0.3) is 0 Å². The first-order chi connectivity index (χ1) is 8.41. The van der Waals surface area contributed by atoms with Gasteiger partial charge in [-0.2, -0.15) is 4.31 Å². The number of aromatic nitrogens is 1. The number of nitrogens with two attached hydrogens (primary N) is 1. The molecule has 2 rings (SSSR count). The highest BCUT2D eigenvalue weighted by atomic mass is 32.2. The van der Waals surface area contributed by atoms with Crippen molar-refractivity contribution < 1.29 is 13.5 Å². The smallest absolute Gasteiger partial charge is 0.246 e. The predicted molar refractivity (Wildman–Crippen MR) is 68.0 cm³/mol. The number of anilines is 1. The quantitative estimate of drug-likeness (QED) is 0.643. The van der Waals surface area contributed by atoms with Gasteiger partial charge in [-0.15, -0.1) is 0 Å². The summed E-state index contributed by atoms with van der Waals surface area (Å²) >= 11 is 0. The number of pyridine rings is 1. The lowest BCUT2D eigenvalue weighted by Gasteiger charge is -2.29. The predicted octanol–water partition coefficient (Wildman–Crippen LogP) is -1.40. The normalized spacial score (nSPS) is 18.9. The largest absolute Gasteiger partial charge is 0.393 e. The van der Waals surface area contributed by atoms with E-state index >= 15 is 0 Å². The molecular formula is C10H14BN3O3S. The standard InChI is InChI=1S/C10H14BN3O3S/c11-7-5-9(10(12)13-6-7)18(16,17)14-3-1-8(15)2-4-14/h5-6,8,15H,1-4H2,(H2,12,13). The van der Waals surface area contributed by atoms with E-state index in [1.54, 1.807) is 0 Å². The van der Waals surface area contributed by atoms with E-state index in [2.05, 4.69) is 4.98 Å². The molecule has 1 aromatic heterocycles. The maximum atomic E-state index is 12.3. The minimum absolute atomic E-state index is 0.0599. The molecule has 0 amide bonds. The van der Waals surface area contributed by atoms with Gasteiger partial charge in [0.2, 0.25) is 10.0 Å². The van der Waals surface area contributed by atoms with Crippen molar-refractivity contribution in [3.05, 3.63) is 12.3 Å². The molecule has 0 spiro atoms. The number of nitrogens with zero attached hydrogens (tertiary/aromatic N) is 2. The number of aliphatic hydroxyl groups is 1. The molecule has 1 aliphatic heterocycles. The molecule has 0 bridgehead atoms. The van der Waals surface area contributed by atoms with Crippen LogP contribution in [0.2, 0.25) is 0 Å². The topological polar surface area (TPSA) is 96.5 Å². The van der Waals surface area contributed by atoms with Gasteiger partial charge in [-0.3, -0.25) is 0 Å². The number of nitrogen functional groups attached to an aromatic ring is 1. The third kappa shape index (κ3) is 2.50. The van der Waals surface area contributed by atoms with Gasteiger partial charge in [-0.25, -0.2) is 13.4 Å². The first kappa shape index (κ1) is 13.3. The molecule has 0 unspecified atom stereocenters. The van der Waals surface area contributed by atoms with Gasteiger partial charge in [-0.1, -0.05) is 5.46 Å². The van der Waals surface area contributed by atoms with E-state index in [0.717, 1.165) is 0 Å². The molecule has 96 valence electrons. The lowest BCUT2D eigenvalue weighted by atomic mass is 9.99. The molecule has 3 N–H and O–H groups in total. The van der Waals surface area contributed by atoms with Gasteiger partial charge in [0.05, 0.1) is 6.10 Å². The van der Waals surface area contributed by atoms with Crippen molar-refractivity contribution in [2.75, 3.05) is 18.8 Å². The van der Waals surface area contributed by atoms with Gasteiger partial charge in [0, 0.05) is 19.3 Å². The Morgan fingerprint density at radius 3 is 2.67 bits per heavy atom. The Bertz CT molecular complexity index is 541. The summed E-state index contributed by atoms with van der Waals surface area (Å²) in [6, 6.07) is 1.31. The van der Waals surface area contributed by atoms with E-state index in [4.69, 9.17) is 13.6 Å². The SMILES string of the molecule is [B]c1cnc(N)c(S(=O)(=O)N2CCC(O)CC2)c1. The van der Waals surface area contributed by atoms with Crippen LogP contribution in [0.5, 0.6) is 0 Å². The number of piperidine rings is 1. The summed E-state index contributed by atoms with van der Waals surface area (Å²) in [7, 11) is 1.85. The van der Waals surface area contributed by atoms with Gasteiger partial charge in [0.25, 0.3) is 0 Å². The van der Waals surface area contributed by atoms with Crippen molar-refractivity contribution >= 4 is 29.2 Å². The third-order valence-corrected chi connectivity index (χ3v) is 4.87. The van der Waals surface area contributed by atoms with E-state index in [1.807, 2.05) is 0 Å². The van der Waals surface area contributed by atoms with E-state index in [9.17, 15) is 13.5 Å². The first-order valence-electron chi connectivity index (χ1n) is 5.60. The summed E-state index contributed by atoms with van der Waals surface area (Å²) in [5.74, 6) is -0.0599. The van der Waals surface area contributed by atoms with Gasteiger partial charge in [0.1, 0.15) is 18.6 Å². The second-order valence-corrected chi connectivity index (χ2v) is 6.19. The molecule has 1 saturated heterocycles. The average Bonchev–Trinajstić information content (AvgIpc) is 2.32. The number of rotatable bonds is 2. The molecule has 2 heterocycles. The zero-order valence-corrected chi connectivity index (χ0v) is 10.6. The fourth-order valence-corrected chi connectivity index (χ4v) is 3.47. The van der Waals surface area contributed by atoms with Crippen LogP contribution in [-0.4, -0.2) is 49.9 Å². The lowest BCUT2D eigenvalue weighted by Crippen LogP contribution is -2.40. The van der Waals surface area contributed by atoms with Crippen LogP contribution in [0.4, 0.5) is 5.82 Å². The first-order valence-corrected chi connectivity index (χ1v) is 7.04. The molecular weight excluding hydrogens is 253 g/mol.